The molecule has 1 amide bonds. The molecule has 0 fully saturated rings. The van der Waals surface area contributed by atoms with Crippen LogP contribution >= 0.6 is 11.6 Å². The number of tetrazole rings is 1. The molecule has 1 unspecified atom stereocenters. The summed E-state index contributed by atoms with van der Waals surface area (Å²) in [6, 6.07) is 15.3. The average molecular weight is 527 g/mol. The molecule has 0 saturated heterocycles. The molecule has 0 aliphatic heterocycles. The standard InChI is InChI=1S/C27H23ClN8O2/c1-38-27(37)32-20-8-5-16(6-9-20)23-14-30-26(33-23)21-4-2-3-17-11-18(13-29-25(17)21)22-12-19(28)7-10-24(22)36-15-31-34-35-36/h5-15,21H,2-4H2,1H3,(H,30,33)(H,32,37). The number of carbonyl (C=O) groups is 1. The van der Waals surface area contributed by atoms with Crippen molar-refractivity contribution in [3.05, 3.63) is 89.4 Å². The Kier molecular flexibility index (Phi) is 6.30. The third-order valence-electron chi connectivity index (χ3n) is 6.69. The number of amides is 1. The van der Waals surface area contributed by atoms with E-state index in [9.17, 15) is 4.79 Å². The molecule has 1 atom stereocenters. The lowest BCUT2D eigenvalue weighted by Crippen LogP contribution is -2.14. The van der Waals surface area contributed by atoms with Gasteiger partial charge in [0.1, 0.15) is 12.2 Å². The van der Waals surface area contributed by atoms with Crippen LogP contribution in [0.2, 0.25) is 5.02 Å². The van der Waals surface area contributed by atoms with E-state index in [2.05, 4.69) is 36.6 Å². The molecule has 0 bridgehead atoms. The first-order chi connectivity index (χ1) is 18.6. The number of aryl methyl sites for hydroxylation is 1. The van der Waals surface area contributed by atoms with Gasteiger partial charge in [0.05, 0.1) is 36.3 Å². The van der Waals surface area contributed by atoms with E-state index in [0.717, 1.165) is 58.9 Å². The van der Waals surface area contributed by atoms with Gasteiger partial charge in [-0.1, -0.05) is 23.7 Å². The summed E-state index contributed by atoms with van der Waals surface area (Å²) in [5.41, 5.74) is 7.45. The molecule has 38 heavy (non-hydrogen) atoms. The minimum atomic E-state index is -0.504. The number of ether oxygens (including phenoxy) is 1. The number of aromatic amines is 1. The fourth-order valence-corrected chi connectivity index (χ4v) is 5.03. The molecular formula is C27H23ClN8O2. The van der Waals surface area contributed by atoms with Gasteiger partial charge in [-0.05, 0) is 77.2 Å². The van der Waals surface area contributed by atoms with Crippen molar-refractivity contribution in [1.29, 1.82) is 0 Å². The maximum absolute atomic E-state index is 11.4. The first-order valence-corrected chi connectivity index (χ1v) is 12.5. The van der Waals surface area contributed by atoms with Gasteiger partial charge in [0.25, 0.3) is 0 Å². The lowest BCUT2D eigenvalue weighted by molar-refractivity contribution is 0.187. The van der Waals surface area contributed by atoms with Gasteiger partial charge in [-0.15, -0.1) is 5.10 Å². The van der Waals surface area contributed by atoms with Crippen molar-refractivity contribution in [1.82, 2.24) is 35.2 Å². The summed E-state index contributed by atoms with van der Waals surface area (Å²) in [5.74, 6) is 0.954. The summed E-state index contributed by atoms with van der Waals surface area (Å²) in [5, 5.41) is 14.9. The highest BCUT2D eigenvalue weighted by Crippen LogP contribution is 2.38. The number of pyridine rings is 1. The fraction of sp³-hybridized carbons (Fsp3) is 0.185. The van der Waals surface area contributed by atoms with E-state index in [4.69, 9.17) is 21.6 Å². The molecule has 2 N–H and O–H groups in total. The highest BCUT2D eigenvalue weighted by atomic mass is 35.5. The number of anilines is 1. The highest BCUT2D eigenvalue weighted by Gasteiger charge is 2.26. The fourth-order valence-electron chi connectivity index (χ4n) is 4.86. The van der Waals surface area contributed by atoms with Gasteiger partial charge in [0.2, 0.25) is 0 Å². The van der Waals surface area contributed by atoms with Crippen molar-refractivity contribution in [2.45, 2.75) is 25.2 Å². The molecule has 6 rings (SSSR count). The van der Waals surface area contributed by atoms with E-state index >= 15 is 0 Å². The number of benzene rings is 2. The van der Waals surface area contributed by atoms with Crippen molar-refractivity contribution >= 4 is 23.4 Å². The van der Waals surface area contributed by atoms with Gasteiger partial charge in [-0.3, -0.25) is 10.3 Å². The Labute approximate surface area is 223 Å². The molecule has 1 aliphatic rings. The number of imidazole rings is 1. The summed E-state index contributed by atoms with van der Waals surface area (Å²) in [6.45, 7) is 0. The van der Waals surface area contributed by atoms with E-state index in [1.54, 1.807) is 11.0 Å². The predicted molar refractivity (Wildman–Crippen MR) is 142 cm³/mol. The Bertz CT molecular complexity index is 1600. The van der Waals surface area contributed by atoms with E-state index < -0.39 is 6.09 Å². The first-order valence-electron chi connectivity index (χ1n) is 12.1. The van der Waals surface area contributed by atoms with Crippen molar-refractivity contribution in [3.8, 4) is 28.1 Å². The SMILES string of the molecule is COC(=O)Nc1ccc(-c2cnc(C3CCCc4cc(-c5cc(Cl)ccc5-n5cnnn5)cnc43)[nH]2)cc1. The number of nitrogens with one attached hydrogen (secondary N) is 2. The predicted octanol–water partition coefficient (Wildman–Crippen LogP) is 5.41. The Morgan fingerprint density at radius 1 is 1.11 bits per heavy atom. The summed E-state index contributed by atoms with van der Waals surface area (Å²) in [7, 11) is 1.33. The number of H-pyrrole nitrogens is 1. The van der Waals surface area contributed by atoms with E-state index in [1.807, 2.05) is 54.9 Å². The quantitative estimate of drug-likeness (QED) is 0.313. The second-order valence-electron chi connectivity index (χ2n) is 9.01. The monoisotopic (exact) mass is 526 g/mol. The molecular weight excluding hydrogens is 504 g/mol. The van der Waals surface area contributed by atoms with E-state index in [1.165, 1.54) is 12.7 Å². The number of fused-ring (bicyclic) bond motifs is 1. The lowest BCUT2D eigenvalue weighted by atomic mass is 9.85. The molecule has 3 aromatic heterocycles. The van der Waals surface area contributed by atoms with Crippen molar-refractivity contribution < 1.29 is 9.53 Å². The van der Waals surface area contributed by atoms with Crippen LogP contribution in [0.3, 0.4) is 0 Å². The van der Waals surface area contributed by atoms with Crippen molar-refractivity contribution in [3.63, 3.8) is 0 Å². The van der Waals surface area contributed by atoms with Crippen LogP contribution in [-0.2, 0) is 11.2 Å². The number of hydrogen-bond acceptors (Lipinski definition) is 7. The molecule has 10 nitrogen and oxygen atoms in total. The molecule has 1 aliphatic carbocycles. The third kappa shape index (κ3) is 4.61. The maximum Gasteiger partial charge on any atom is 0.411 e. The number of carbonyl (C=O) groups excluding carboxylic acids is 1. The smallest absolute Gasteiger partial charge is 0.411 e. The number of methoxy groups -OCH3 is 1. The van der Waals surface area contributed by atoms with Gasteiger partial charge in [0, 0.05) is 28.0 Å². The number of rotatable bonds is 5. The van der Waals surface area contributed by atoms with Crippen molar-refractivity contribution in [2.75, 3.05) is 12.4 Å². The Morgan fingerprint density at radius 2 is 1.97 bits per heavy atom. The van der Waals surface area contributed by atoms with E-state index in [-0.39, 0.29) is 5.92 Å². The van der Waals surface area contributed by atoms with Gasteiger partial charge < -0.3 is 9.72 Å². The van der Waals surface area contributed by atoms with Gasteiger partial charge in [-0.25, -0.2) is 9.78 Å². The van der Waals surface area contributed by atoms with Crippen LogP contribution in [0.1, 0.15) is 35.8 Å². The van der Waals surface area contributed by atoms with Crippen LogP contribution in [-0.4, -0.2) is 48.4 Å². The Balaban J connectivity index is 1.29. The molecule has 0 radical (unpaired) electrons. The number of halogens is 1. The topological polar surface area (TPSA) is 124 Å². The number of hydrogen-bond donors (Lipinski definition) is 2. The van der Waals surface area contributed by atoms with Gasteiger partial charge in [-0.2, -0.15) is 4.68 Å². The summed E-state index contributed by atoms with van der Waals surface area (Å²) >= 11 is 6.35. The molecule has 5 aromatic rings. The molecule has 0 spiro atoms. The number of nitrogens with zero attached hydrogens (tertiary/aromatic N) is 6. The van der Waals surface area contributed by atoms with Crippen LogP contribution in [0.15, 0.2) is 67.3 Å². The zero-order chi connectivity index (χ0) is 26.1. The summed E-state index contributed by atoms with van der Waals surface area (Å²) in [4.78, 5) is 24.5. The van der Waals surface area contributed by atoms with E-state index in [0.29, 0.717) is 10.7 Å². The van der Waals surface area contributed by atoms with Gasteiger partial charge >= 0.3 is 6.09 Å². The average Bonchev–Trinajstić information content (AvgIpc) is 3.66. The minimum Gasteiger partial charge on any atom is -0.453 e. The zero-order valence-corrected chi connectivity index (χ0v) is 21.2. The first kappa shape index (κ1) is 23.8. The van der Waals surface area contributed by atoms with Crippen LogP contribution in [0.4, 0.5) is 10.5 Å². The molecule has 190 valence electrons. The summed E-state index contributed by atoms with van der Waals surface area (Å²) in [6.07, 6.45) is 7.71. The molecule has 11 heteroatoms. The van der Waals surface area contributed by atoms with Crippen LogP contribution in [0.25, 0.3) is 28.1 Å². The third-order valence-corrected chi connectivity index (χ3v) is 6.92. The van der Waals surface area contributed by atoms with Gasteiger partial charge in [0.15, 0.2) is 0 Å². The Hall–Kier alpha value is -4.57. The van der Waals surface area contributed by atoms with Crippen LogP contribution in [0.5, 0.6) is 0 Å². The maximum atomic E-state index is 11.4. The normalized spacial score (nSPS) is 14.6. The largest absolute Gasteiger partial charge is 0.453 e. The molecule has 2 aromatic carbocycles. The lowest BCUT2D eigenvalue weighted by Gasteiger charge is -2.24. The second-order valence-corrected chi connectivity index (χ2v) is 9.44. The van der Waals surface area contributed by atoms with Crippen LogP contribution in [0, 0.1) is 0 Å². The Morgan fingerprint density at radius 3 is 2.76 bits per heavy atom. The summed E-state index contributed by atoms with van der Waals surface area (Å²) < 4.78 is 6.26. The molecule has 0 saturated carbocycles. The second kappa shape index (κ2) is 10.1. The minimum absolute atomic E-state index is 0.0696. The molecule has 3 heterocycles. The number of aromatic nitrogens is 7. The van der Waals surface area contributed by atoms with Crippen LogP contribution < -0.4 is 5.32 Å². The van der Waals surface area contributed by atoms with Crippen molar-refractivity contribution in [2.24, 2.45) is 0 Å². The zero-order valence-electron chi connectivity index (χ0n) is 20.4. The highest BCUT2D eigenvalue weighted by molar-refractivity contribution is 6.31.